The average Bonchev–Trinajstić information content (AvgIpc) is 3.07. The van der Waals surface area contributed by atoms with Crippen LogP contribution < -0.4 is 9.64 Å². The quantitative estimate of drug-likeness (QED) is 0.635. The molecule has 152 valence electrons. The van der Waals surface area contributed by atoms with Gasteiger partial charge in [0.05, 0.1) is 18.0 Å². The minimum absolute atomic E-state index is 0.666. The van der Waals surface area contributed by atoms with Crippen molar-refractivity contribution in [3.05, 3.63) is 53.4 Å². The van der Waals surface area contributed by atoms with Crippen LogP contribution >= 0.6 is 0 Å². The van der Waals surface area contributed by atoms with Gasteiger partial charge in [-0.1, -0.05) is 5.16 Å². The molecular weight excluding hydrogens is 366 g/mol. The molecule has 0 radical (unpaired) electrons. The molecule has 29 heavy (non-hydrogen) atoms. The molecular formula is C22H27N5O2. The monoisotopic (exact) mass is 393 g/mol. The van der Waals surface area contributed by atoms with Crippen molar-refractivity contribution in [2.75, 3.05) is 37.7 Å². The van der Waals surface area contributed by atoms with E-state index in [0.717, 1.165) is 67.0 Å². The highest BCUT2D eigenvalue weighted by Gasteiger charge is 2.21. The molecule has 3 aromatic rings. The van der Waals surface area contributed by atoms with Gasteiger partial charge < -0.3 is 14.2 Å². The fraction of sp³-hybridized carbons (Fsp3) is 0.409. The second-order valence-electron chi connectivity index (χ2n) is 7.30. The summed E-state index contributed by atoms with van der Waals surface area (Å²) in [5.41, 5.74) is 4.10. The Morgan fingerprint density at radius 1 is 0.966 bits per heavy atom. The van der Waals surface area contributed by atoms with E-state index in [-0.39, 0.29) is 0 Å². The Balaban J connectivity index is 1.35. The number of aryl methyl sites for hydroxylation is 2. The van der Waals surface area contributed by atoms with Crippen LogP contribution in [0.4, 0.5) is 5.82 Å². The van der Waals surface area contributed by atoms with Gasteiger partial charge in [-0.15, -0.1) is 10.2 Å². The maximum absolute atomic E-state index is 5.49. The van der Waals surface area contributed by atoms with Crippen LogP contribution in [0, 0.1) is 13.8 Å². The van der Waals surface area contributed by atoms with Crippen LogP contribution in [-0.2, 0) is 6.54 Å². The van der Waals surface area contributed by atoms with Gasteiger partial charge in [-0.2, -0.15) is 0 Å². The zero-order chi connectivity index (χ0) is 20.2. The lowest BCUT2D eigenvalue weighted by Gasteiger charge is -2.35. The summed E-state index contributed by atoms with van der Waals surface area (Å²) in [6.45, 7) is 11.3. The lowest BCUT2D eigenvalue weighted by Crippen LogP contribution is -2.46. The molecule has 2 aromatic heterocycles. The van der Waals surface area contributed by atoms with E-state index in [1.54, 1.807) is 0 Å². The van der Waals surface area contributed by atoms with Gasteiger partial charge in [-0.05, 0) is 57.2 Å². The van der Waals surface area contributed by atoms with E-state index < -0.39 is 0 Å². The van der Waals surface area contributed by atoms with E-state index >= 15 is 0 Å². The molecule has 1 aromatic carbocycles. The van der Waals surface area contributed by atoms with Crippen LogP contribution in [0.15, 0.2) is 40.9 Å². The number of piperazine rings is 1. The average molecular weight is 393 g/mol. The molecule has 7 nitrogen and oxygen atoms in total. The lowest BCUT2D eigenvalue weighted by molar-refractivity contribution is 0.247. The maximum Gasteiger partial charge on any atom is 0.151 e. The second kappa shape index (κ2) is 8.61. The van der Waals surface area contributed by atoms with Crippen molar-refractivity contribution in [3.8, 4) is 17.0 Å². The molecule has 3 heterocycles. The standard InChI is InChI=1S/C22H27N5O2/c1-4-28-19-7-5-18(6-8-19)21-9-10-22(24-23-21)27-13-11-26(12-14-27)15-20-16(2)25-29-17(20)3/h5-10H,4,11-15H2,1-3H3. The van der Waals surface area contributed by atoms with Gasteiger partial charge in [-0.3, -0.25) is 4.90 Å². The van der Waals surface area contributed by atoms with Gasteiger partial charge in [0.2, 0.25) is 0 Å². The van der Waals surface area contributed by atoms with Crippen molar-refractivity contribution < 1.29 is 9.26 Å². The summed E-state index contributed by atoms with van der Waals surface area (Å²) in [7, 11) is 0. The summed E-state index contributed by atoms with van der Waals surface area (Å²) in [5.74, 6) is 2.72. The summed E-state index contributed by atoms with van der Waals surface area (Å²) in [4.78, 5) is 4.73. The molecule has 4 rings (SSSR count). The predicted molar refractivity (Wildman–Crippen MR) is 112 cm³/mol. The number of ether oxygens (including phenoxy) is 1. The molecule has 7 heteroatoms. The number of rotatable bonds is 6. The number of aromatic nitrogens is 3. The first-order valence-electron chi connectivity index (χ1n) is 10.1. The zero-order valence-corrected chi connectivity index (χ0v) is 17.3. The number of benzene rings is 1. The summed E-state index contributed by atoms with van der Waals surface area (Å²) in [5, 5.41) is 13.0. The van der Waals surface area contributed by atoms with E-state index in [0.29, 0.717) is 6.61 Å². The predicted octanol–water partition coefficient (Wildman–Crippen LogP) is 3.47. The van der Waals surface area contributed by atoms with E-state index in [1.165, 1.54) is 5.56 Å². The largest absolute Gasteiger partial charge is 0.494 e. The molecule has 0 bridgehead atoms. The van der Waals surface area contributed by atoms with E-state index in [1.807, 2.05) is 51.1 Å². The highest BCUT2D eigenvalue weighted by Crippen LogP contribution is 2.23. The van der Waals surface area contributed by atoms with Gasteiger partial charge in [-0.25, -0.2) is 0 Å². The molecule has 0 saturated carbocycles. The number of anilines is 1. The van der Waals surface area contributed by atoms with Gasteiger partial charge in [0, 0.05) is 43.9 Å². The van der Waals surface area contributed by atoms with Gasteiger partial charge >= 0.3 is 0 Å². The van der Waals surface area contributed by atoms with E-state index in [2.05, 4.69) is 31.2 Å². The van der Waals surface area contributed by atoms with E-state index in [9.17, 15) is 0 Å². The topological polar surface area (TPSA) is 67.5 Å². The SMILES string of the molecule is CCOc1ccc(-c2ccc(N3CCN(Cc4c(C)noc4C)CC3)nn2)cc1. The van der Waals surface area contributed by atoms with Crippen LogP contribution in [0.5, 0.6) is 5.75 Å². The molecule has 1 aliphatic rings. The van der Waals surface area contributed by atoms with Crippen LogP contribution in [0.3, 0.4) is 0 Å². The van der Waals surface area contributed by atoms with Crippen LogP contribution in [0.25, 0.3) is 11.3 Å². The molecule has 1 aliphatic heterocycles. The maximum atomic E-state index is 5.49. The number of nitrogens with zero attached hydrogens (tertiary/aromatic N) is 5. The normalized spacial score (nSPS) is 14.9. The molecule has 0 unspecified atom stereocenters. The summed E-state index contributed by atoms with van der Waals surface area (Å²) in [6.07, 6.45) is 0. The third kappa shape index (κ3) is 4.40. The third-order valence-electron chi connectivity index (χ3n) is 5.37. The molecule has 1 saturated heterocycles. The Kier molecular flexibility index (Phi) is 5.76. The number of hydrogen-bond acceptors (Lipinski definition) is 7. The van der Waals surface area contributed by atoms with Gasteiger partial charge in [0.25, 0.3) is 0 Å². The van der Waals surface area contributed by atoms with Crippen molar-refractivity contribution in [2.45, 2.75) is 27.3 Å². The van der Waals surface area contributed by atoms with Crippen molar-refractivity contribution in [1.82, 2.24) is 20.3 Å². The number of hydrogen-bond donors (Lipinski definition) is 0. The van der Waals surface area contributed by atoms with Gasteiger partial charge in [0.15, 0.2) is 5.82 Å². The summed E-state index contributed by atoms with van der Waals surface area (Å²) >= 11 is 0. The molecule has 0 spiro atoms. The van der Waals surface area contributed by atoms with E-state index in [4.69, 9.17) is 9.26 Å². The van der Waals surface area contributed by atoms with Crippen molar-refractivity contribution in [1.29, 1.82) is 0 Å². The van der Waals surface area contributed by atoms with Crippen molar-refractivity contribution >= 4 is 5.82 Å². The lowest BCUT2D eigenvalue weighted by atomic mass is 10.1. The first-order valence-corrected chi connectivity index (χ1v) is 10.1. The van der Waals surface area contributed by atoms with Crippen LogP contribution in [0.1, 0.15) is 23.9 Å². The first-order chi connectivity index (χ1) is 14.1. The van der Waals surface area contributed by atoms with Crippen molar-refractivity contribution in [3.63, 3.8) is 0 Å². The van der Waals surface area contributed by atoms with Crippen LogP contribution in [0.2, 0.25) is 0 Å². The minimum atomic E-state index is 0.666. The molecule has 0 N–H and O–H groups in total. The Labute approximate surface area is 171 Å². The second-order valence-corrected chi connectivity index (χ2v) is 7.30. The Bertz CT molecular complexity index is 909. The molecule has 1 fully saturated rings. The third-order valence-corrected chi connectivity index (χ3v) is 5.37. The minimum Gasteiger partial charge on any atom is -0.494 e. The fourth-order valence-electron chi connectivity index (χ4n) is 3.62. The highest BCUT2D eigenvalue weighted by atomic mass is 16.5. The Morgan fingerprint density at radius 3 is 2.31 bits per heavy atom. The molecule has 0 atom stereocenters. The molecule has 0 aliphatic carbocycles. The van der Waals surface area contributed by atoms with Crippen molar-refractivity contribution in [2.24, 2.45) is 0 Å². The Hall–Kier alpha value is -2.93. The summed E-state index contributed by atoms with van der Waals surface area (Å²) in [6, 6.07) is 12.1. The summed E-state index contributed by atoms with van der Waals surface area (Å²) < 4.78 is 10.8. The van der Waals surface area contributed by atoms with Crippen LogP contribution in [-0.4, -0.2) is 53.0 Å². The smallest absolute Gasteiger partial charge is 0.151 e. The molecule has 0 amide bonds. The first kappa shape index (κ1) is 19.4. The van der Waals surface area contributed by atoms with Gasteiger partial charge in [0.1, 0.15) is 11.5 Å². The zero-order valence-electron chi connectivity index (χ0n) is 17.3. The highest BCUT2D eigenvalue weighted by molar-refractivity contribution is 5.60. The Morgan fingerprint density at radius 2 is 1.72 bits per heavy atom. The fourth-order valence-corrected chi connectivity index (χ4v) is 3.62.